The predicted molar refractivity (Wildman–Crippen MR) is 83.0 cm³/mol. The molecule has 1 amide bonds. The third-order valence-electron chi connectivity index (χ3n) is 3.27. The van der Waals surface area contributed by atoms with Crippen LogP contribution < -0.4 is 10.6 Å². The van der Waals surface area contributed by atoms with E-state index in [0.29, 0.717) is 18.1 Å². The van der Waals surface area contributed by atoms with E-state index in [2.05, 4.69) is 27.5 Å². The van der Waals surface area contributed by atoms with Crippen LogP contribution in [0.1, 0.15) is 36.3 Å². The highest BCUT2D eigenvalue weighted by Crippen LogP contribution is 2.08. The molecule has 0 spiro atoms. The van der Waals surface area contributed by atoms with Gasteiger partial charge in [-0.15, -0.1) is 0 Å². The summed E-state index contributed by atoms with van der Waals surface area (Å²) >= 11 is 0. The highest BCUT2D eigenvalue weighted by Gasteiger charge is 2.09. The number of hydrogen-bond acceptors (Lipinski definition) is 4. The first-order valence-electron chi connectivity index (χ1n) is 7.19. The maximum Gasteiger partial charge on any atom is 0.270 e. The fourth-order valence-corrected chi connectivity index (χ4v) is 1.79. The Hall–Kier alpha value is -2.50. The van der Waals surface area contributed by atoms with Crippen molar-refractivity contribution in [3.63, 3.8) is 0 Å². The van der Waals surface area contributed by atoms with Gasteiger partial charge in [0.25, 0.3) is 5.91 Å². The van der Waals surface area contributed by atoms with Crippen molar-refractivity contribution in [3.8, 4) is 0 Å². The van der Waals surface area contributed by atoms with Crippen molar-refractivity contribution in [2.75, 3.05) is 5.32 Å². The first-order valence-corrected chi connectivity index (χ1v) is 7.19. The van der Waals surface area contributed by atoms with E-state index in [-0.39, 0.29) is 17.8 Å². The number of benzene rings is 1. The lowest BCUT2D eigenvalue weighted by Crippen LogP contribution is -2.24. The molecule has 0 saturated heterocycles. The molecule has 1 atom stereocenters. The van der Waals surface area contributed by atoms with E-state index in [0.717, 1.165) is 12.0 Å². The Bertz CT molecular complexity index is 630. The third-order valence-corrected chi connectivity index (χ3v) is 3.27. The first-order chi connectivity index (χ1) is 10.6. The van der Waals surface area contributed by atoms with Crippen LogP contribution in [-0.2, 0) is 6.54 Å². The molecular formula is C16H19FN4O. The zero-order valence-corrected chi connectivity index (χ0v) is 12.6. The molecule has 0 fully saturated rings. The van der Waals surface area contributed by atoms with E-state index in [1.807, 2.05) is 6.92 Å². The van der Waals surface area contributed by atoms with E-state index >= 15 is 0 Å². The van der Waals surface area contributed by atoms with Crippen molar-refractivity contribution in [1.82, 2.24) is 15.3 Å². The van der Waals surface area contributed by atoms with Gasteiger partial charge in [-0.1, -0.05) is 19.1 Å². The zero-order chi connectivity index (χ0) is 15.9. The number of nitrogens with one attached hydrogen (secondary N) is 2. The summed E-state index contributed by atoms with van der Waals surface area (Å²) in [5.41, 5.74) is 1.12. The Morgan fingerprint density at radius 1 is 1.27 bits per heavy atom. The third kappa shape index (κ3) is 4.51. The molecule has 0 aliphatic rings. The molecule has 2 N–H and O–H groups in total. The van der Waals surface area contributed by atoms with E-state index in [1.165, 1.54) is 18.5 Å². The van der Waals surface area contributed by atoms with Crippen molar-refractivity contribution >= 4 is 11.7 Å². The average molecular weight is 302 g/mol. The van der Waals surface area contributed by atoms with Crippen LogP contribution >= 0.6 is 0 Å². The molecule has 0 aliphatic heterocycles. The van der Waals surface area contributed by atoms with Gasteiger partial charge in [-0.05, 0) is 31.0 Å². The Morgan fingerprint density at radius 2 is 2.00 bits per heavy atom. The second-order valence-corrected chi connectivity index (χ2v) is 5.05. The van der Waals surface area contributed by atoms with Gasteiger partial charge < -0.3 is 10.6 Å². The van der Waals surface area contributed by atoms with Gasteiger partial charge in [0.1, 0.15) is 23.7 Å². The summed E-state index contributed by atoms with van der Waals surface area (Å²) in [6.45, 7) is 4.42. The molecule has 1 aromatic heterocycles. The van der Waals surface area contributed by atoms with Crippen LogP contribution in [0.15, 0.2) is 36.7 Å². The number of carbonyl (C=O) groups is 1. The molecule has 1 heterocycles. The highest BCUT2D eigenvalue weighted by atomic mass is 19.1. The van der Waals surface area contributed by atoms with Crippen LogP contribution in [0.4, 0.5) is 10.2 Å². The number of nitrogens with zero attached hydrogens (tertiary/aromatic N) is 2. The molecule has 6 heteroatoms. The van der Waals surface area contributed by atoms with Gasteiger partial charge in [-0.3, -0.25) is 4.79 Å². The lowest BCUT2D eigenvalue weighted by Gasteiger charge is -2.12. The van der Waals surface area contributed by atoms with Crippen molar-refractivity contribution in [3.05, 3.63) is 53.7 Å². The molecule has 1 unspecified atom stereocenters. The monoisotopic (exact) mass is 302 g/mol. The Labute approximate surface area is 129 Å². The summed E-state index contributed by atoms with van der Waals surface area (Å²) in [6, 6.07) is 7.87. The van der Waals surface area contributed by atoms with Crippen LogP contribution in [0.2, 0.25) is 0 Å². The maximum atomic E-state index is 12.8. The van der Waals surface area contributed by atoms with Crippen molar-refractivity contribution in [1.29, 1.82) is 0 Å². The predicted octanol–water partition coefficient (Wildman–Crippen LogP) is 2.76. The summed E-state index contributed by atoms with van der Waals surface area (Å²) in [4.78, 5) is 20.2. The van der Waals surface area contributed by atoms with E-state index in [1.54, 1.807) is 18.2 Å². The lowest BCUT2D eigenvalue weighted by atomic mass is 10.2. The summed E-state index contributed by atoms with van der Waals surface area (Å²) < 4.78 is 12.8. The van der Waals surface area contributed by atoms with Gasteiger partial charge in [0.05, 0.1) is 0 Å². The number of anilines is 1. The summed E-state index contributed by atoms with van der Waals surface area (Å²) in [5, 5.41) is 5.94. The van der Waals surface area contributed by atoms with Gasteiger partial charge in [0.15, 0.2) is 0 Å². The van der Waals surface area contributed by atoms with Crippen molar-refractivity contribution < 1.29 is 9.18 Å². The lowest BCUT2D eigenvalue weighted by molar-refractivity contribution is 0.0946. The minimum Gasteiger partial charge on any atom is -0.368 e. The smallest absolute Gasteiger partial charge is 0.270 e. The average Bonchev–Trinajstić information content (AvgIpc) is 2.54. The number of aromatic nitrogens is 2. The van der Waals surface area contributed by atoms with Crippen LogP contribution in [0.5, 0.6) is 0 Å². The largest absolute Gasteiger partial charge is 0.368 e. The molecule has 2 aromatic rings. The molecule has 22 heavy (non-hydrogen) atoms. The summed E-state index contributed by atoms with van der Waals surface area (Å²) in [7, 11) is 0. The number of amides is 1. The summed E-state index contributed by atoms with van der Waals surface area (Å²) in [6.07, 6.45) is 2.31. The highest BCUT2D eigenvalue weighted by molar-refractivity contribution is 5.92. The second kappa shape index (κ2) is 7.49. The van der Waals surface area contributed by atoms with Crippen LogP contribution in [0, 0.1) is 5.82 Å². The minimum atomic E-state index is -0.299. The van der Waals surface area contributed by atoms with E-state index in [9.17, 15) is 9.18 Å². The first kappa shape index (κ1) is 15.9. The molecule has 0 saturated carbocycles. The van der Waals surface area contributed by atoms with Gasteiger partial charge in [0.2, 0.25) is 0 Å². The SMILES string of the molecule is CCC(C)Nc1cc(C(=O)NCc2ccc(F)cc2)ncn1. The Kier molecular flexibility index (Phi) is 5.41. The topological polar surface area (TPSA) is 66.9 Å². The molecule has 116 valence electrons. The molecule has 1 aromatic carbocycles. The summed E-state index contributed by atoms with van der Waals surface area (Å²) in [5.74, 6) is 0.0295. The molecule has 0 aliphatic carbocycles. The van der Waals surface area contributed by atoms with Crippen molar-refractivity contribution in [2.24, 2.45) is 0 Å². The quantitative estimate of drug-likeness (QED) is 0.861. The van der Waals surface area contributed by atoms with Crippen LogP contribution in [-0.4, -0.2) is 21.9 Å². The fraction of sp³-hybridized carbons (Fsp3) is 0.312. The Morgan fingerprint density at radius 3 is 2.68 bits per heavy atom. The van der Waals surface area contributed by atoms with Crippen LogP contribution in [0.25, 0.3) is 0 Å². The van der Waals surface area contributed by atoms with Crippen LogP contribution in [0.3, 0.4) is 0 Å². The molecule has 0 bridgehead atoms. The maximum absolute atomic E-state index is 12.8. The molecular weight excluding hydrogens is 283 g/mol. The van der Waals surface area contributed by atoms with Crippen molar-refractivity contribution in [2.45, 2.75) is 32.9 Å². The second-order valence-electron chi connectivity index (χ2n) is 5.05. The number of halogens is 1. The molecule has 0 radical (unpaired) electrons. The molecule has 5 nitrogen and oxygen atoms in total. The van der Waals surface area contributed by atoms with Gasteiger partial charge in [-0.25, -0.2) is 14.4 Å². The van der Waals surface area contributed by atoms with Gasteiger partial charge in [-0.2, -0.15) is 0 Å². The molecule has 2 rings (SSSR count). The van der Waals surface area contributed by atoms with Gasteiger partial charge >= 0.3 is 0 Å². The number of hydrogen-bond donors (Lipinski definition) is 2. The minimum absolute atomic E-state index is 0.269. The standard InChI is InChI=1S/C16H19FN4O/c1-3-11(2)21-15-8-14(19-10-20-15)16(22)18-9-12-4-6-13(17)7-5-12/h4-8,10-11H,3,9H2,1-2H3,(H,18,22)(H,19,20,21). The Balaban J connectivity index is 1.97. The van der Waals surface area contributed by atoms with E-state index in [4.69, 9.17) is 0 Å². The zero-order valence-electron chi connectivity index (χ0n) is 12.6. The number of rotatable bonds is 6. The number of carbonyl (C=O) groups excluding carboxylic acids is 1. The normalized spacial score (nSPS) is 11.8. The van der Waals surface area contributed by atoms with Gasteiger partial charge in [0, 0.05) is 18.7 Å². The van der Waals surface area contributed by atoms with E-state index < -0.39 is 0 Å². The fourth-order valence-electron chi connectivity index (χ4n) is 1.79.